The number of aromatic nitrogens is 1. The van der Waals surface area contributed by atoms with E-state index in [0.29, 0.717) is 21.3 Å². The van der Waals surface area contributed by atoms with E-state index in [1.807, 2.05) is 14.1 Å². The molecule has 0 aliphatic rings. The van der Waals surface area contributed by atoms with Gasteiger partial charge in [-0.05, 0) is 45.3 Å². The highest BCUT2D eigenvalue weighted by atomic mass is 35.5. The number of anilines is 2. The van der Waals surface area contributed by atoms with Crippen molar-refractivity contribution in [2.24, 2.45) is 0 Å². The summed E-state index contributed by atoms with van der Waals surface area (Å²) in [4.78, 5) is 18.6. The quantitative estimate of drug-likeness (QED) is 0.727. The van der Waals surface area contributed by atoms with E-state index in [0.717, 1.165) is 25.2 Å². The van der Waals surface area contributed by atoms with E-state index < -0.39 is 0 Å². The van der Waals surface area contributed by atoms with E-state index in [1.54, 1.807) is 30.5 Å². The number of halogens is 2. The Balaban J connectivity index is 1.99. The van der Waals surface area contributed by atoms with Gasteiger partial charge in [-0.25, -0.2) is 0 Å². The van der Waals surface area contributed by atoms with Crippen LogP contribution in [0.5, 0.6) is 0 Å². The Morgan fingerprint density at radius 3 is 2.79 bits per heavy atom. The molecular weight excluding hydrogens is 347 g/mol. The average Bonchev–Trinajstić information content (AvgIpc) is 2.56. The molecule has 2 aromatic rings. The van der Waals surface area contributed by atoms with Crippen LogP contribution in [0, 0.1) is 0 Å². The van der Waals surface area contributed by atoms with Crippen LogP contribution in [0.15, 0.2) is 36.7 Å². The maximum atomic E-state index is 12.4. The van der Waals surface area contributed by atoms with Crippen LogP contribution in [-0.4, -0.2) is 43.0 Å². The first-order valence-electron chi connectivity index (χ1n) is 7.56. The lowest BCUT2D eigenvalue weighted by Gasteiger charge is -2.11. The zero-order valence-electron chi connectivity index (χ0n) is 13.6. The number of carbonyl (C=O) groups is 1. The van der Waals surface area contributed by atoms with Crippen LogP contribution in [-0.2, 0) is 0 Å². The van der Waals surface area contributed by atoms with Crippen LogP contribution in [0.1, 0.15) is 16.8 Å². The molecule has 0 aliphatic heterocycles. The molecule has 2 N–H and O–H groups in total. The van der Waals surface area contributed by atoms with Gasteiger partial charge in [0, 0.05) is 18.9 Å². The van der Waals surface area contributed by atoms with Crippen molar-refractivity contribution < 1.29 is 4.79 Å². The van der Waals surface area contributed by atoms with Crippen LogP contribution >= 0.6 is 23.2 Å². The molecule has 0 saturated carbocycles. The van der Waals surface area contributed by atoms with Gasteiger partial charge in [0.15, 0.2) is 0 Å². The van der Waals surface area contributed by atoms with Gasteiger partial charge >= 0.3 is 0 Å². The van der Waals surface area contributed by atoms with E-state index in [9.17, 15) is 4.79 Å². The molecule has 0 spiro atoms. The van der Waals surface area contributed by atoms with Crippen LogP contribution in [0.3, 0.4) is 0 Å². The van der Waals surface area contributed by atoms with Crippen molar-refractivity contribution in [2.75, 3.05) is 37.8 Å². The minimum atomic E-state index is -0.288. The molecule has 24 heavy (non-hydrogen) atoms. The standard InChI is InChI=1S/C17H20Cl2N4O/c1-23(2)8-4-7-21-13-9-12(10-20-11-13)17(24)22-15-6-3-5-14(18)16(15)19/h3,5-6,9-11,21H,4,7-8H2,1-2H3,(H,22,24). The number of amides is 1. The smallest absolute Gasteiger partial charge is 0.257 e. The lowest BCUT2D eigenvalue weighted by atomic mass is 10.2. The highest BCUT2D eigenvalue weighted by molar-refractivity contribution is 6.44. The van der Waals surface area contributed by atoms with Crippen molar-refractivity contribution in [2.45, 2.75) is 6.42 Å². The summed E-state index contributed by atoms with van der Waals surface area (Å²) < 4.78 is 0. The summed E-state index contributed by atoms with van der Waals surface area (Å²) in [5.41, 5.74) is 1.72. The summed E-state index contributed by atoms with van der Waals surface area (Å²) in [5.74, 6) is -0.288. The van der Waals surface area contributed by atoms with Crippen molar-refractivity contribution in [1.29, 1.82) is 0 Å². The predicted octanol–water partition coefficient (Wildman–Crippen LogP) is 4.00. The number of rotatable bonds is 7. The van der Waals surface area contributed by atoms with Gasteiger partial charge < -0.3 is 15.5 Å². The van der Waals surface area contributed by atoms with E-state index in [-0.39, 0.29) is 5.91 Å². The highest BCUT2D eigenvalue weighted by Crippen LogP contribution is 2.29. The Hall–Kier alpha value is -1.82. The van der Waals surface area contributed by atoms with E-state index in [4.69, 9.17) is 23.2 Å². The number of carbonyl (C=O) groups excluding carboxylic acids is 1. The normalized spacial score (nSPS) is 10.7. The molecule has 5 nitrogen and oxygen atoms in total. The molecule has 1 aromatic heterocycles. The molecule has 0 atom stereocenters. The third kappa shape index (κ3) is 5.37. The van der Waals surface area contributed by atoms with E-state index >= 15 is 0 Å². The van der Waals surface area contributed by atoms with Crippen molar-refractivity contribution >= 4 is 40.5 Å². The van der Waals surface area contributed by atoms with Gasteiger partial charge in [0.1, 0.15) is 0 Å². The number of pyridine rings is 1. The largest absolute Gasteiger partial charge is 0.384 e. The molecule has 0 bridgehead atoms. The van der Waals surface area contributed by atoms with Crippen LogP contribution < -0.4 is 10.6 Å². The molecule has 7 heteroatoms. The summed E-state index contributed by atoms with van der Waals surface area (Å²) in [6.07, 6.45) is 4.21. The first kappa shape index (κ1) is 18.5. The minimum Gasteiger partial charge on any atom is -0.384 e. The molecule has 1 aromatic carbocycles. The third-order valence-corrected chi connectivity index (χ3v) is 4.13. The van der Waals surface area contributed by atoms with E-state index in [2.05, 4.69) is 20.5 Å². The molecule has 1 amide bonds. The third-order valence-electron chi connectivity index (χ3n) is 3.31. The van der Waals surface area contributed by atoms with Crippen LogP contribution in [0.25, 0.3) is 0 Å². The Morgan fingerprint density at radius 2 is 2.04 bits per heavy atom. The molecule has 128 valence electrons. The maximum Gasteiger partial charge on any atom is 0.257 e. The zero-order chi connectivity index (χ0) is 17.5. The van der Waals surface area contributed by atoms with Crippen molar-refractivity contribution in [3.63, 3.8) is 0 Å². The number of benzene rings is 1. The number of nitrogens with one attached hydrogen (secondary N) is 2. The molecule has 0 fully saturated rings. The van der Waals surface area contributed by atoms with Gasteiger partial charge in [0.25, 0.3) is 5.91 Å². The Kier molecular flexibility index (Phi) is 6.85. The maximum absolute atomic E-state index is 12.4. The second kappa shape index (κ2) is 8.87. The first-order valence-corrected chi connectivity index (χ1v) is 8.32. The van der Waals surface area contributed by atoms with Crippen molar-refractivity contribution in [3.8, 4) is 0 Å². The van der Waals surface area contributed by atoms with Gasteiger partial charge in [-0.15, -0.1) is 0 Å². The molecule has 0 radical (unpaired) electrons. The Labute approximate surface area is 152 Å². The monoisotopic (exact) mass is 366 g/mol. The van der Waals surface area contributed by atoms with Gasteiger partial charge in [-0.1, -0.05) is 29.3 Å². The fourth-order valence-electron chi connectivity index (χ4n) is 2.08. The summed E-state index contributed by atoms with van der Waals surface area (Å²) in [7, 11) is 4.07. The van der Waals surface area contributed by atoms with Gasteiger partial charge in [-0.2, -0.15) is 0 Å². The lowest BCUT2D eigenvalue weighted by Crippen LogP contribution is -2.17. The zero-order valence-corrected chi connectivity index (χ0v) is 15.2. The van der Waals surface area contributed by atoms with Gasteiger partial charge in [0.05, 0.1) is 27.0 Å². The van der Waals surface area contributed by atoms with Crippen molar-refractivity contribution in [1.82, 2.24) is 9.88 Å². The molecule has 0 saturated heterocycles. The molecule has 2 rings (SSSR count). The summed E-state index contributed by atoms with van der Waals surface area (Å²) in [6, 6.07) is 6.85. The second-order valence-corrected chi connectivity index (χ2v) is 6.39. The summed E-state index contributed by atoms with van der Waals surface area (Å²) >= 11 is 12.0. The topological polar surface area (TPSA) is 57.3 Å². The Bertz CT molecular complexity index is 707. The number of hydrogen-bond acceptors (Lipinski definition) is 4. The molecular formula is C17H20Cl2N4O. The predicted molar refractivity (Wildman–Crippen MR) is 100 cm³/mol. The molecule has 0 aliphatic carbocycles. The Morgan fingerprint density at radius 1 is 1.25 bits per heavy atom. The van der Waals surface area contributed by atoms with Crippen LogP contribution in [0.2, 0.25) is 10.0 Å². The number of hydrogen-bond donors (Lipinski definition) is 2. The first-order chi connectivity index (χ1) is 11.5. The van der Waals surface area contributed by atoms with Crippen molar-refractivity contribution in [3.05, 3.63) is 52.3 Å². The van der Waals surface area contributed by atoms with Gasteiger partial charge in [-0.3, -0.25) is 9.78 Å². The summed E-state index contributed by atoms with van der Waals surface area (Å²) in [5, 5.41) is 6.72. The van der Waals surface area contributed by atoms with Gasteiger partial charge in [0.2, 0.25) is 0 Å². The SMILES string of the molecule is CN(C)CCCNc1cncc(C(=O)Nc2cccc(Cl)c2Cl)c1. The summed E-state index contributed by atoms with van der Waals surface area (Å²) in [6.45, 7) is 1.80. The fourth-order valence-corrected chi connectivity index (χ4v) is 2.43. The minimum absolute atomic E-state index is 0.288. The average molecular weight is 367 g/mol. The fraction of sp³-hybridized carbons (Fsp3) is 0.294. The number of nitrogens with zero attached hydrogens (tertiary/aromatic N) is 2. The lowest BCUT2D eigenvalue weighted by molar-refractivity contribution is 0.102. The second-order valence-electron chi connectivity index (χ2n) is 5.60. The van der Waals surface area contributed by atoms with Crippen LogP contribution in [0.4, 0.5) is 11.4 Å². The molecule has 0 unspecified atom stereocenters. The highest BCUT2D eigenvalue weighted by Gasteiger charge is 2.11. The van der Waals surface area contributed by atoms with E-state index in [1.165, 1.54) is 6.20 Å². The molecule has 1 heterocycles.